The van der Waals surface area contributed by atoms with Gasteiger partial charge in [-0.05, 0) is 38.1 Å². The van der Waals surface area contributed by atoms with Gasteiger partial charge in [0.1, 0.15) is 5.69 Å². The number of halogens is 2. The topological polar surface area (TPSA) is 66.9 Å². The summed E-state index contributed by atoms with van der Waals surface area (Å²) in [6.45, 7) is 3.76. The zero-order chi connectivity index (χ0) is 15.4. The summed E-state index contributed by atoms with van der Waals surface area (Å²) < 4.78 is 0. The van der Waals surface area contributed by atoms with E-state index in [9.17, 15) is 4.79 Å². The minimum Gasteiger partial charge on any atom is -0.349 e. The first-order chi connectivity index (χ1) is 9.95. The van der Waals surface area contributed by atoms with Crippen LogP contribution in [0.1, 0.15) is 24.3 Å². The van der Waals surface area contributed by atoms with E-state index in [-0.39, 0.29) is 23.6 Å². The number of hydrogen-bond acceptors (Lipinski definition) is 4. The number of benzene rings is 1. The van der Waals surface area contributed by atoms with Crippen molar-refractivity contribution in [2.45, 2.75) is 19.9 Å². The lowest BCUT2D eigenvalue weighted by atomic mass is 10.3. The highest BCUT2D eigenvalue weighted by Gasteiger charge is 2.10. The quantitative estimate of drug-likeness (QED) is 0.900. The van der Waals surface area contributed by atoms with Gasteiger partial charge in [-0.25, -0.2) is 9.97 Å². The molecule has 0 aliphatic heterocycles. The van der Waals surface area contributed by atoms with Crippen LogP contribution >= 0.6 is 23.2 Å². The second-order valence-corrected chi connectivity index (χ2v) is 5.49. The Morgan fingerprint density at radius 1 is 1.24 bits per heavy atom. The van der Waals surface area contributed by atoms with Gasteiger partial charge < -0.3 is 10.6 Å². The molecule has 0 atom stereocenters. The summed E-state index contributed by atoms with van der Waals surface area (Å²) >= 11 is 11.9. The predicted octanol–water partition coefficient (Wildman–Crippen LogP) is 3.67. The molecule has 0 unspecified atom stereocenters. The summed E-state index contributed by atoms with van der Waals surface area (Å²) in [4.78, 5) is 20.1. The van der Waals surface area contributed by atoms with Crippen LogP contribution in [-0.2, 0) is 0 Å². The van der Waals surface area contributed by atoms with Gasteiger partial charge in [0.2, 0.25) is 5.95 Å². The summed E-state index contributed by atoms with van der Waals surface area (Å²) in [6, 6.07) is 6.61. The maximum Gasteiger partial charge on any atom is 0.270 e. The van der Waals surface area contributed by atoms with E-state index in [1.54, 1.807) is 24.3 Å². The van der Waals surface area contributed by atoms with Gasteiger partial charge in [0, 0.05) is 17.3 Å². The molecule has 0 saturated heterocycles. The van der Waals surface area contributed by atoms with Crippen molar-refractivity contribution in [3.8, 4) is 0 Å². The Bertz CT molecular complexity index is 661. The van der Waals surface area contributed by atoms with Gasteiger partial charge in [-0.15, -0.1) is 0 Å². The number of aromatic nitrogens is 2. The number of anilines is 2. The fourth-order valence-electron chi connectivity index (χ4n) is 1.59. The lowest BCUT2D eigenvalue weighted by Crippen LogP contribution is -2.30. The first-order valence-corrected chi connectivity index (χ1v) is 7.07. The number of amides is 1. The van der Waals surface area contributed by atoms with Gasteiger partial charge in [0.15, 0.2) is 0 Å². The van der Waals surface area contributed by atoms with Gasteiger partial charge in [-0.2, -0.15) is 0 Å². The van der Waals surface area contributed by atoms with Crippen molar-refractivity contribution in [3.05, 3.63) is 46.2 Å². The molecule has 0 aliphatic carbocycles. The molecule has 21 heavy (non-hydrogen) atoms. The maximum atomic E-state index is 11.9. The fourth-order valence-corrected chi connectivity index (χ4v) is 2.05. The molecule has 0 aliphatic rings. The molecule has 2 aromatic rings. The van der Waals surface area contributed by atoms with Gasteiger partial charge in [0.05, 0.1) is 10.7 Å². The molecule has 2 N–H and O–H groups in total. The van der Waals surface area contributed by atoms with E-state index in [2.05, 4.69) is 20.6 Å². The molecule has 0 bridgehead atoms. The molecule has 2 rings (SSSR count). The van der Waals surface area contributed by atoms with E-state index in [1.165, 1.54) is 6.20 Å². The van der Waals surface area contributed by atoms with Crippen LogP contribution in [-0.4, -0.2) is 21.9 Å². The Morgan fingerprint density at radius 3 is 2.67 bits per heavy atom. The molecule has 7 heteroatoms. The van der Waals surface area contributed by atoms with E-state index in [0.29, 0.717) is 15.7 Å². The minimum atomic E-state index is -0.252. The van der Waals surface area contributed by atoms with E-state index in [1.807, 2.05) is 13.8 Å². The summed E-state index contributed by atoms with van der Waals surface area (Å²) in [7, 11) is 0. The number of nitrogens with one attached hydrogen (secondary N) is 2. The third-order valence-corrected chi connectivity index (χ3v) is 3.03. The van der Waals surface area contributed by atoms with Crippen LogP contribution in [0.5, 0.6) is 0 Å². The normalized spacial score (nSPS) is 10.5. The van der Waals surface area contributed by atoms with Gasteiger partial charge in [-0.1, -0.05) is 23.2 Å². The molecular weight excluding hydrogens is 311 g/mol. The Balaban J connectivity index is 2.19. The number of carbonyl (C=O) groups excluding carboxylic acids is 1. The van der Waals surface area contributed by atoms with Crippen molar-refractivity contribution in [2.75, 3.05) is 5.32 Å². The third kappa shape index (κ3) is 4.31. The first kappa shape index (κ1) is 15.5. The van der Waals surface area contributed by atoms with E-state index < -0.39 is 0 Å². The zero-order valence-electron chi connectivity index (χ0n) is 11.5. The molecule has 0 saturated carbocycles. The zero-order valence-corrected chi connectivity index (χ0v) is 13.0. The Hall–Kier alpha value is -1.85. The van der Waals surface area contributed by atoms with Crippen molar-refractivity contribution in [2.24, 2.45) is 0 Å². The molecule has 0 spiro atoms. The minimum absolute atomic E-state index is 0.0367. The van der Waals surface area contributed by atoms with Crippen molar-refractivity contribution in [3.63, 3.8) is 0 Å². The van der Waals surface area contributed by atoms with Gasteiger partial charge in [-0.3, -0.25) is 4.79 Å². The summed E-state index contributed by atoms with van der Waals surface area (Å²) in [5, 5.41) is 6.71. The summed E-state index contributed by atoms with van der Waals surface area (Å²) in [6.07, 6.45) is 1.51. The van der Waals surface area contributed by atoms with Crippen LogP contribution in [0.2, 0.25) is 10.0 Å². The molecule has 110 valence electrons. The fraction of sp³-hybridized carbons (Fsp3) is 0.214. The number of carbonyl (C=O) groups is 1. The average Bonchev–Trinajstić information content (AvgIpc) is 2.41. The maximum absolute atomic E-state index is 11.9. The second-order valence-electron chi connectivity index (χ2n) is 4.64. The standard InChI is InChI=1S/C14H14Cl2N4O/c1-8(2)18-13(21)12-5-6-17-14(20-12)19-11-4-3-9(15)7-10(11)16/h3-8H,1-2H3,(H,18,21)(H,17,19,20). The molecule has 5 nitrogen and oxygen atoms in total. The molecular formula is C14H14Cl2N4O. The predicted molar refractivity (Wildman–Crippen MR) is 84.4 cm³/mol. The Labute approximate surface area is 132 Å². The summed E-state index contributed by atoms with van der Waals surface area (Å²) in [5.74, 6) is 0.0354. The lowest BCUT2D eigenvalue weighted by Gasteiger charge is -2.10. The van der Waals surface area contributed by atoms with Crippen molar-refractivity contribution in [1.29, 1.82) is 0 Å². The first-order valence-electron chi connectivity index (χ1n) is 6.31. The summed E-state index contributed by atoms with van der Waals surface area (Å²) in [5.41, 5.74) is 0.897. The van der Waals surface area contributed by atoms with Crippen LogP contribution in [0.15, 0.2) is 30.5 Å². The number of rotatable bonds is 4. The van der Waals surface area contributed by atoms with E-state index in [4.69, 9.17) is 23.2 Å². The van der Waals surface area contributed by atoms with Crippen LogP contribution in [0.4, 0.5) is 11.6 Å². The number of nitrogens with zero attached hydrogens (tertiary/aromatic N) is 2. The highest BCUT2D eigenvalue weighted by atomic mass is 35.5. The van der Waals surface area contributed by atoms with Gasteiger partial charge >= 0.3 is 0 Å². The molecule has 1 heterocycles. The van der Waals surface area contributed by atoms with Crippen LogP contribution in [0, 0.1) is 0 Å². The van der Waals surface area contributed by atoms with Crippen molar-refractivity contribution >= 4 is 40.7 Å². The highest BCUT2D eigenvalue weighted by molar-refractivity contribution is 6.36. The highest BCUT2D eigenvalue weighted by Crippen LogP contribution is 2.27. The second kappa shape index (κ2) is 6.74. The van der Waals surface area contributed by atoms with Crippen molar-refractivity contribution in [1.82, 2.24) is 15.3 Å². The SMILES string of the molecule is CC(C)NC(=O)c1ccnc(Nc2ccc(Cl)cc2Cl)n1. The van der Waals surface area contributed by atoms with Crippen molar-refractivity contribution < 1.29 is 4.79 Å². The molecule has 0 fully saturated rings. The van der Waals surface area contributed by atoms with Crippen LogP contribution in [0.25, 0.3) is 0 Å². The van der Waals surface area contributed by atoms with E-state index in [0.717, 1.165) is 0 Å². The lowest BCUT2D eigenvalue weighted by molar-refractivity contribution is 0.0938. The number of hydrogen-bond donors (Lipinski definition) is 2. The Kier molecular flexibility index (Phi) is 4.98. The Morgan fingerprint density at radius 2 is 2.00 bits per heavy atom. The molecule has 1 aromatic heterocycles. The van der Waals surface area contributed by atoms with E-state index >= 15 is 0 Å². The monoisotopic (exact) mass is 324 g/mol. The van der Waals surface area contributed by atoms with Gasteiger partial charge in [0.25, 0.3) is 5.91 Å². The largest absolute Gasteiger partial charge is 0.349 e. The van der Waals surface area contributed by atoms with Crippen LogP contribution in [0.3, 0.4) is 0 Å². The van der Waals surface area contributed by atoms with Crippen LogP contribution < -0.4 is 10.6 Å². The molecule has 0 radical (unpaired) electrons. The third-order valence-electron chi connectivity index (χ3n) is 2.49. The smallest absolute Gasteiger partial charge is 0.270 e. The average molecular weight is 325 g/mol. The molecule has 1 amide bonds. The molecule has 1 aromatic carbocycles.